The number of hydrogen-bond acceptors (Lipinski definition) is 6. The van der Waals surface area contributed by atoms with E-state index in [9.17, 15) is 13.2 Å². The smallest absolute Gasteiger partial charge is 0.257 e. The Balaban J connectivity index is 1.65. The third kappa shape index (κ3) is 6.16. The second-order valence-electron chi connectivity index (χ2n) is 7.77. The molecule has 0 aromatic heterocycles. The molecule has 2 heterocycles. The quantitative estimate of drug-likeness (QED) is 0.621. The van der Waals surface area contributed by atoms with E-state index in [-0.39, 0.29) is 10.8 Å². The zero-order valence-electron chi connectivity index (χ0n) is 17.8. The van der Waals surface area contributed by atoms with E-state index >= 15 is 0 Å². The molecule has 9 heteroatoms. The lowest BCUT2D eigenvalue weighted by Crippen LogP contribution is -2.38. The summed E-state index contributed by atoms with van der Waals surface area (Å²) < 4.78 is 38.9. The highest BCUT2D eigenvalue weighted by Crippen LogP contribution is 2.25. The van der Waals surface area contributed by atoms with Crippen molar-refractivity contribution in [2.24, 2.45) is 0 Å². The van der Waals surface area contributed by atoms with Crippen molar-refractivity contribution in [2.75, 3.05) is 59.6 Å². The van der Waals surface area contributed by atoms with E-state index in [1.165, 1.54) is 19.2 Å². The topological polar surface area (TPSA) is 88.2 Å². The maximum absolute atomic E-state index is 13.1. The zero-order chi connectivity index (χ0) is 21.4. The highest BCUT2D eigenvalue weighted by atomic mass is 32.2. The first kappa shape index (κ1) is 23.0. The standard InChI is InChI=1S/C21H33N3O5S/c1-28-20-8-7-18(17-19(20)21(25)24-11-4-2-3-5-12-24)30(26,27)22-9-6-10-23-13-15-29-16-14-23/h7-8,17,22H,2-6,9-16H2,1H3. The molecule has 1 amide bonds. The van der Waals surface area contributed by atoms with Crippen molar-refractivity contribution >= 4 is 15.9 Å². The molecule has 8 nitrogen and oxygen atoms in total. The predicted octanol–water partition coefficient (Wildman–Crippen LogP) is 1.71. The molecule has 0 radical (unpaired) electrons. The second kappa shape index (κ2) is 11.1. The molecule has 2 fully saturated rings. The average molecular weight is 440 g/mol. The Morgan fingerprint density at radius 3 is 2.47 bits per heavy atom. The van der Waals surface area contributed by atoms with Crippen LogP contribution in [-0.4, -0.2) is 83.7 Å². The summed E-state index contributed by atoms with van der Waals surface area (Å²) in [5.41, 5.74) is 0.301. The molecule has 1 aromatic carbocycles. The number of carbonyl (C=O) groups excluding carboxylic acids is 1. The summed E-state index contributed by atoms with van der Waals surface area (Å²) in [5, 5.41) is 0. The first-order chi connectivity index (χ1) is 14.5. The Morgan fingerprint density at radius 2 is 1.80 bits per heavy atom. The molecule has 2 aliphatic heterocycles. The molecule has 2 saturated heterocycles. The third-order valence-electron chi connectivity index (χ3n) is 5.65. The summed E-state index contributed by atoms with van der Waals surface area (Å²) in [6, 6.07) is 4.49. The fourth-order valence-corrected chi connectivity index (χ4v) is 4.98. The van der Waals surface area contributed by atoms with Gasteiger partial charge in [-0.25, -0.2) is 13.1 Å². The van der Waals surface area contributed by atoms with Gasteiger partial charge in [-0.1, -0.05) is 12.8 Å². The van der Waals surface area contributed by atoms with Crippen LogP contribution in [0.15, 0.2) is 23.1 Å². The second-order valence-corrected chi connectivity index (χ2v) is 9.54. The summed E-state index contributed by atoms with van der Waals surface area (Å²) >= 11 is 0. The van der Waals surface area contributed by atoms with Crippen LogP contribution in [0.4, 0.5) is 0 Å². The van der Waals surface area contributed by atoms with Gasteiger partial charge in [0.25, 0.3) is 5.91 Å². The van der Waals surface area contributed by atoms with Crippen molar-refractivity contribution in [1.82, 2.24) is 14.5 Å². The summed E-state index contributed by atoms with van der Waals surface area (Å²) in [6.45, 7) is 5.78. The summed E-state index contributed by atoms with van der Waals surface area (Å²) in [4.78, 5) is 17.2. The highest BCUT2D eigenvalue weighted by molar-refractivity contribution is 7.89. The summed E-state index contributed by atoms with van der Waals surface area (Å²) in [5.74, 6) is 0.230. The van der Waals surface area contributed by atoms with E-state index in [0.29, 0.717) is 30.9 Å². The minimum atomic E-state index is -3.70. The van der Waals surface area contributed by atoms with Crippen LogP contribution in [0.1, 0.15) is 42.5 Å². The fraction of sp³-hybridized carbons (Fsp3) is 0.667. The number of benzene rings is 1. The molecule has 3 rings (SSSR count). The number of nitrogens with zero attached hydrogens (tertiary/aromatic N) is 2. The van der Waals surface area contributed by atoms with E-state index in [1.807, 2.05) is 0 Å². The Bertz CT molecular complexity index is 801. The molecule has 168 valence electrons. The van der Waals surface area contributed by atoms with E-state index in [4.69, 9.17) is 9.47 Å². The number of hydrogen-bond donors (Lipinski definition) is 1. The number of likely N-dealkylation sites (tertiary alicyclic amines) is 1. The first-order valence-corrected chi connectivity index (χ1v) is 12.3. The molecule has 0 spiro atoms. The van der Waals surface area contributed by atoms with Crippen LogP contribution >= 0.6 is 0 Å². The van der Waals surface area contributed by atoms with E-state index in [2.05, 4.69) is 9.62 Å². The predicted molar refractivity (Wildman–Crippen MR) is 114 cm³/mol. The Hall–Kier alpha value is -1.68. The van der Waals surface area contributed by atoms with Gasteiger partial charge < -0.3 is 14.4 Å². The summed E-state index contributed by atoms with van der Waals surface area (Å²) in [6.07, 6.45) is 4.88. The van der Waals surface area contributed by atoms with Gasteiger partial charge in [0.15, 0.2) is 0 Å². The molecule has 0 atom stereocenters. The minimum absolute atomic E-state index is 0.0906. The van der Waals surface area contributed by atoms with Crippen LogP contribution in [0.25, 0.3) is 0 Å². The van der Waals surface area contributed by atoms with Crippen LogP contribution in [-0.2, 0) is 14.8 Å². The maximum atomic E-state index is 13.1. The molecule has 0 saturated carbocycles. The molecule has 0 unspecified atom stereocenters. The number of nitrogens with one attached hydrogen (secondary N) is 1. The molecule has 1 aromatic rings. The number of rotatable bonds is 8. The van der Waals surface area contributed by atoms with Crippen molar-refractivity contribution in [3.05, 3.63) is 23.8 Å². The zero-order valence-corrected chi connectivity index (χ0v) is 18.6. The number of methoxy groups -OCH3 is 1. The minimum Gasteiger partial charge on any atom is -0.496 e. The lowest BCUT2D eigenvalue weighted by Gasteiger charge is -2.26. The lowest BCUT2D eigenvalue weighted by atomic mass is 10.1. The van der Waals surface area contributed by atoms with Gasteiger partial charge in [0.2, 0.25) is 10.0 Å². The van der Waals surface area contributed by atoms with Gasteiger partial charge in [0, 0.05) is 32.7 Å². The van der Waals surface area contributed by atoms with E-state index in [1.54, 1.807) is 11.0 Å². The van der Waals surface area contributed by atoms with Gasteiger partial charge in [-0.15, -0.1) is 0 Å². The van der Waals surface area contributed by atoms with Crippen LogP contribution in [0.2, 0.25) is 0 Å². The number of carbonyl (C=O) groups is 1. The van der Waals surface area contributed by atoms with Crippen LogP contribution < -0.4 is 9.46 Å². The lowest BCUT2D eigenvalue weighted by molar-refractivity contribution is 0.0376. The van der Waals surface area contributed by atoms with E-state index < -0.39 is 10.0 Å². The Labute approximate surface area is 179 Å². The number of sulfonamides is 1. The van der Waals surface area contributed by atoms with Crippen molar-refractivity contribution in [2.45, 2.75) is 37.0 Å². The maximum Gasteiger partial charge on any atom is 0.257 e. The molecule has 1 N–H and O–H groups in total. The van der Waals surface area contributed by atoms with Crippen LogP contribution in [0.5, 0.6) is 5.75 Å². The van der Waals surface area contributed by atoms with Crippen molar-refractivity contribution in [1.29, 1.82) is 0 Å². The SMILES string of the molecule is COc1ccc(S(=O)(=O)NCCCN2CCOCC2)cc1C(=O)N1CCCCCC1. The molecule has 2 aliphatic rings. The van der Waals surface area contributed by atoms with Crippen LogP contribution in [0, 0.1) is 0 Å². The molecular weight excluding hydrogens is 406 g/mol. The monoisotopic (exact) mass is 439 g/mol. The number of ether oxygens (including phenoxy) is 2. The Kier molecular flexibility index (Phi) is 8.50. The summed E-state index contributed by atoms with van der Waals surface area (Å²) in [7, 11) is -2.21. The average Bonchev–Trinajstić information content (AvgIpc) is 3.06. The van der Waals surface area contributed by atoms with Gasteiger partial charge in [-0.3, -0.25) is 9.69 Å². The highest BCUT2D eigenvalue weighted by Gasteiger charge is 2.24. The third-order valence-corrected chi connectivity index (χ3v) is 7.11. The van der Waals surface area contributed by atoms with Gasteiger partial charge in [0.05, 0.1) is 30.8 Å². The first-order valence-electron chi connectivity index (χ1n) is 10.8. The molecule has 0 aliphatic carbocycles. The Morgan fingerprint density at radius 1 is 1.10 bits per heavy atom. The molecule has 30 heavy (non-hydrogen) atoms. The molecule has 0 bridgehead atoms. The van der Waals surface area contributed by atoms with E-state index in [0.717, 1.165) is 65.0 Å². The van der Waals surface area contributed by atoms with Gasteiger partial charge in [0.1, 0.15) is 5.75 Å². The normalized spacial score (nSPS) is 18.8. The van der Waals surface area contributed by atoms with Crippen LogP contribution in [0.3, 0.4) is 0 Å². The van der Waals surface area contributed by atoms with Gasteiger partial charge in [-0.05, 0) is 44.0 Å². The largest absolute Gasteiger partial charge is 0.496 e. The van der Waals surface area contributed by atoms with Crippen molar-refractivity contribution in [3.8, 4) is 5.75 Å². The van der Waals surface area contributed by atoms with Gasteiger partial charge >= 0.3 is 0 Å². The number of amides is 1. The van der Waals surface area contributed by atoms with Crippen molar-refractivity contribution < 1.29 is 22.7 Å². The van der Waals surface area contributed by atoms with Crippen molar-refractivity contribution in [3.63, 3.8) is 0 Å². The number of morpholine rings is 1. The van der Waals surface area contributed by atoms with Gasteiger partial charge in [-0.2, -0.15) is 0 Å². The fourth-order valence-electron chi connectivity index (χ4n) is 3.88. The molecular formula is C21H33N3O5S.